The van der Waals surface area contributed by atoms with Gasteiger partial charge >= 0.3 is 0 Å². The number of amides is 2. The van der Waals surface area contributed by atoms with E-state index in [4.69, 9.17) is 0 Å². The predicted octanol–water partition coefficient (Wildman–Crippen LogP) is 3.54. The van der Waals surface area contributed by atoms with Crippen LogP contribution in [0.5, 0.6) is 0 Å². The smallest absolute Gasteiger partial charge is 0.287 e. The lowest BCUT2D eigenvalue weighted by molar-refractivity contribution is -0.115. The standard InChI is InChI=1S/C18H16N2O3S/c1-20(23)18(22)16-10-13-7-8-14(11-15(13)24-16)19-17(21)9-12-5-3-2-4-6-12/h2-8,10-11,23H,9H2,1H3,(H,19,21). The van der Waals surface area contributed by atoms with Crippen LogP contribution in [0, 0.1) is 0 Å². The van der Waals surface area contributed by atoms with Crippen molar-refractivity contribution in [1.29, 1.82) is 0 Å². The largest absolute Gasteiger partial charge is 0.326 e. The Morgan fingerprint density at radius 1 is 1.12 bits per heavy atom. The molecular weight excluding hydrogens is 324 g/mol. The number of hydrogen-bond donors (Lipinski definition) is 2. The molecule has 0 unspecified atom stereocenters. The molecule has 2 amide bonds. The number of rotatable bonds is 4. The zero-order valence-electron chi connectivity index (χ0n) is 13.0. The van der Waals surface area contributed by atoms with Crippen LogP contribution < -0.4 is 5.32 Å². The van der Waals surface area contributed by atoms with Gasteiger partial charge in [-0.2, -0.15) is 0 Å². The molecule has 3 aromatic rings. The molecule has 0 aliphatic carbocycles. The van der Waals surface area contributed by atoms with Gasteiger partial charge in [0.25, 0.3) is 5.91 Å². The molecule has 3 rings (SSSR count). The second kappa shape index (κ2) is 6.82. The van der Waals surface area contributed by atoms with E-state index >= 15 is 0 Å². The maximum atomic E-state index is 12.1. The first-order chi connectivity index (χ1) is 11.5. The summed E-state index contributed by atoms with van der Waals surface area (Å²) in [7, 11) is 1.29. The number of nitrogens with zero attached hydrogens (tertiary/aromatic N) is 1. The molecule has 0 radical (unpaired) electrons. The lowest BCUT2D eigenvalue weighted by Gasteiger charge is -2.05. The first-order valence-electron chi connectivity index (χ1n) is 7.37. The second-order valence-electron chi connectivity index (χ2n) is 5.40. The summed E-state index contributed by atoms with van der Waals surface area (Å²) in [5.41, 5.74) is 1.63. The summed E-state index contributed by atoms with van der Waals surface area (Å²) in [6.07, 6.45) is 0.308. The Hall–Kier alpha value is -2.70. The van der Waals surface area contributed by atoms with E-state index in [1.807, 2.05) is 42.5 Å². The van der Waals surface area contributed by atoms with Gasteiger partial charge in [-0.1, -0.05) is 36.4 Å². The van der Waals surface area contributed by atoms with Gasteiger partial charge < -0.3 is 5.32 Å². The summed E-state index contributed by atoms with van der Waals surface area (Å²) < 4.78 is 0.873. The highest BCUT2D eigenvalue weighted by molar-refractivity contribution is 7.20. The van der Waals surface area contributed by atoms with Crippen molar-refractivity contribution >= 4 is 38.9 Å². The summed E-state index contributed by atoms with van der Waals surface area (Å²) >= 11 is 1.28. The van der Waals surface area contributed by atoms with E-state index in [-0.39, 0.29) is 5.91 Å². The number of hydroxylamine groups is 2. The lowest BCUT2D eigenvalue weighted by atomic mass is 10.1. The molecule has 0 saturated carbocycles. The third-order valence-electron chi connectivity index (χ3n) is 3.52. The SMILES string of the molecule is CN(O)C(=O)c1cc2ccc(NC(=O)Cc3ccccc3)cc2s1. The van der Waals surface area contributed by atoms with Crippen molar-refractivity contribution in [3.05, 3.63) is 65.0 Å². The Bertz CT molecular complexity index is 888. The Morgan fingerprint density at radius 3 is 2.58 bits per heavy atom. The quantitative estimate of drug-likeness (QED) is 0.564. The van der Waals surface area contributed by atoms with Gasteiger partial charge in [0.1, 0.15) is 0 Å². The second-order valence-corrected chi connectivity index (χ2v) is 6.49. The predicted molar refractivity (Wildman–Crippen MR) is 94.5 cm³/mol. The summed E-state index contributed by atoms with van der Waals surface area (Å²) in [5, 5.41) is 13.6. The van der Waals surface area contributed by atoms with Crippen molar-refractivity contribution in [2.75, 3.05) is 12.4 Å². The van der Waals surface area contributed by atoms with E-state index in [1.54, 1.807) is 12.1 Å². The zero-order valence-corrected chi connectivity index (χ0v) is 13.8. The number of thiophene rings is 1. The van der Waals surface area contributed by atoms with Crippen LogP contribution >= 0.6 is 11.3 Å². The molecule has 24 heavy (non-hydrogen) atoms. The topological polar surface area (TPSA) is 69.6 Å². The monoisotopic (exact) mass is 340 g/mol. The fourth-order valence-corrected chi connectivity index (χ4v) is 3.43. The van der Waals surface area contributed by atoms with E-state index in [0.29, 0.717) is 22.0 Å². The van der Waals surface area contributed by atoms with Crippen molar-refractivity contribution in [1.82, 2.24) is 5.06 Å². The molecule has 2 N–H and O–H groups in total. The van der Waals surface area contributed by atoms with Gasteiger partial charge in [0.15, 0.2) is 0 Å². The van der Waals surface area contributed by atoms with Crippen LogP contribution in [-0.2, 0) is 11.2 Å². The molecule has 1 heterocycles. The summed E-state index contributed by atoms with van der Waals surface area (Å²) in [6.45, 7) is 0. The van der Waals surface area contributed by atoms with Crippen LogP contribution in [0.15, 0.2) is 54.6 Å². The number of anilines is 1. The van der Waals surface area contributed by atoms with Gasteiger partial charge in [0.05, 0.1) is 11.3 Å². The minimum absolute atomic E-state index is 0.0940. The minimum Gasteiger partial charge on any atom is -0.326 e. The molecule has 0 bridgehead atoms. The lowest BCUT2D eigenvalue weighted by Crippen LogP contribution is -2.21. The molecule has 0 aliphatic heterocycles. The van der Waals surface area contributed by atoms with Gasteiger partial charge in [0, 0.05) is 17.4 Å². The van der Waals surface area contributed by atoms with E-state index in [9.17, 15) is 14.8 Å². The molecule has 0 saturated heterocycles. The normalized spacial score (nSPS) is 10.6. The fraction of sp³-hybridized carbons (Fsp3) is 0.111. The molecule has 0 spiro atoms. The minimum atomic E-state index is -0.453. The molecular formula is C18H16N2O3S. The maximum absolute atomic E-state index is 12.1. The van der Waals surface area contributed by atoms with E-state index < -0.39 is 5.91 Å². The number of hydrogen-bond acceptors (Lipinski definition) is 4. The number of benzene rings is 2. The van der Waals surface area contributed by atoms with E-state index in [1.165, 1.54) is 18.4 Å². The summed E-state index contributed by atoms with van der Waals surface area (Å²) in [5.74, 6) is -0.547. The Labute approximate surface area is 143 Å². The van der Waals surface area contributed by atoms with E-state index in [2.05, 4.69) is 5.32 Å². The van der Waals surface area contributed by atoms with Crippen molar-refractivity contribution in [2.24, 2.45) is 0 Å². The Balaban J connectivity index is 1.75. The highest BCUT2D eigenvalue weighted by Gasteiger charge is 2.14. The fourth-order valence-electron chi connectivity index (χ4n) is 2.36. The van der Waals surface area contributed by atoms with Gasteiger partial charge in [-0.05, 0) is 29.1 Å². The highest BCUT2D eigenvalue weighted by Crippen LogP contribution is 2.29. The molecule has 122 valence electrons. The van der Waals surface area contributed by atoms with Crippen molar-refractivity contribution in [2.45, 2.75) is 6.42 Å². The number of carbonyl (C=O) groups is 2. The third kappa shape index (κ3) is 3.61. The molecule has 0 fully saturated rings. The Kier molecular flexibility index (Phi) is 4.59. The summed E-state index contributed by atoms with van der Waals surface area (Å²) in [4.78, 5) is 24.4. The molecule has 0 aliphatic rings. The van der Waals surface area contributed by atoms with E-state index in [0.717, 1.165) is 15.6 Å². The first kappa shape index (κ1) is 16.2. The van der Waals surface area contributed by atoms with Crippen LogP contribution in [0.3, 0.4) is 0 Å². The number of fused-ring (bicyclic) bond motifs is 1. The van der Waals surface area contributed by atoms with Gasteiger partial charge in [0.2, 0.25) is 5.91 Å². The number of nitrogens with one attached hydrogen (secondary N) is 1. The number of carbonyl (C=O) groups excluding carboxylic acids is 2. The average molecular weight is 340 g/mol. The maximum Gasteiger partial charge on any atom is 0.287 e. The Morgan fingerprint density at radius 2 is 1.88 bits per heavy atom. The van der Waals surface area contributed by atoms with Gasteiger partial charge in [-0.15, -0.1) is 11.3 Å². The highest BCUT2D eigenvalue weighted by atomic mass is 32.1. The average Bonchev–Trinajstić information content (AvgIpc) is 2.98. The summed E-state index contributed by atoms with van der Waals surface area (Å²) in [6, 6.07) is 16.7. The molecule has 2 aromatic carbocycles. The van der Waals surface area contributed by atoms with Crippen LogP contribution in [0.4, 0.5) is 5.69 Å². The van der Waals surface area contributed by atoms with Gasteiger partial charge in [-0.25, -0.2) is 5.06 Å². The molecule has 5 nitrogen and oxygen atoms in total. The first-order valence-corrected chi connectivity index (χ1v) is 8.19. The van der Waals surface area contributed by atoms with Crippen molar-refractivity contribution in [3.8, 4) is 0 Å². The molecule has 0 atom stereocenters. The van der Waals surface area contributed by atoms with Crippen LogP contribution in [-0.4, -0.2) is 29.1 Å². The van der Waals surface area contributed by atoms with Crippen molar-refractivity contribution < 1.29 is 14.8 Å². The van der Waals surface area contributed by atoms with Crippen molar-refractivity contribution in [3.63, 3.8) is 0 Å². The molecule has 6 heteroatoms. The van der Waals surface area contributed by atoms with Crippen LogP contribution in [0.25, 0.3) is 10.1 Å². The van der Waals surface area contributed by atoms with Crippen LogP contribution in [0.2, 0.25) is 0 Å². The zero-order chi connectivity index (χ0) is 17.1. The van der Waals surface area contributed by atoms with Crippen LogP contribution in [0.1, 0.15) is 15.2 Å². The molecule has 1 aromatic heterocycles. The van der Waals surface area contributed by atoms with Gasteiger partial charge in [-0.3, -0.25) is 14.8 Å². The third-order valence-corrected chi connectivity index (χ3v) is 4.60.